The molecule has 2 amide bonds. The van der Waals surface area contributed by atoms with E-state index in [0.29, 0.717) is 18.0 Å². The van der Waals surface area contributed by atoms with Crippen molar-refractivity contribution in [3.05, 3.63) is 36.2 Å². The molecule has 0 unspecified atom stereocenters. The third kappa shape index (κ3) is 5.24. The minimum atomic E-state index is -1.16. The minimum absolute atomic E-state index is 0.128. The second-order valence-corrected chi connectivity index (χ2v) is 11.2. The van der Waals surface area contributed by atoms with Crippen LogP contribution in [-0.4, -0.2) is 50.2 Å². The molecule has 0 saturated heterocycles. The number of carbonyl (C=O) groups excluding carboxylic acids is 1. The highest BCUT2D eigenvalue weighted by molar-refractivity contribution is 5.97. The number of hydrogen-bond acceptors (Lipinski definition) is 6. The molecule has 3 rings (SSSR count). The van der Waals surface area contributed by atoms with Gasteiger partial charge in [-0.1, -0.05) is 40.7 Å². The summed E-state index contributed by atoms with van der Waals surface area (Å²) in [6.07, 6.45) is 1.71. The molecule has 34 heavy (non-hydrogen) atoms. The summed E-state index contributed by atoms with van der Waals surface area (Å²) in [6, 6.07) is 4.79. The normalized spacial score (nSPS) is 15.6. The van der Waals surface area contributed by atoms with Crippen molar-refractivity contribution in [1.29, 1.82) is 0 Å². The lowest BCUT2D eigenvalue weighted by molar-refractivity contribution is -0.126. The Morgan fingerprint density at radius 3 is 2.29 bits per heavy atom. The molecule has 1 aliphatic heterocycles. The molecule has 0 fully saturated rings. The highest BCUT2D eigenvalue weighted by atomic mass is 16.5. The summed E-state index contributed by atoms with van der Waals surface area (Å²) in [4.78, 5) is 34.9. The smallest absolute Gasteiger partial charge is 0.408 e. The molecule has 1 aliphatic rings. The number of ether oxygens (including phenoxy) is 2. The van der Waals surface area contributed by atoms with Gasteiger partial charge in [0.05, 0.1) is 24.7 Å². The minimum Gasteiger partial charge on any atom is -0.492 e. The van der Waals surface area contributed by atoms with Crippen LogP contribution >= 0.6 is 0 Å². The highest BCUT2D eigenvalue weighted by Crippen LogP contribution is 2.45. The van der Waals surface area contributed by atoms with E-state index in [1.807, 2.05) is 39.0 Å². The lowest BCUT2D eigenvalue weighted by atomic mass is 9.83. The molecular formula is C25H34N4O5. The first-order valence-corrected chi connectivity index (χ1v) is 11.2. The molecule has 0 aliphatic carbocycles. The van der Waals surface area contributed by atoms with Crippen LogP contribution in [0.2, 0.25) is 0 Å². The number of benzene rings is 1. The number of aromatic nitrogens is 2. The number of amides is 2. The fourth-order valence-electron chi connectivity index (χ4n) is 4.14. The SMILES string of the molecule is CC1(C)COc2cccc(Oc3ncc(NC(=O)[C@H](N(C(=O)O)C(C)(C)C)C(C)(C)C)cn3)c21. The molecule has 1 aromatic carbocycles. The van der Waals surface area contributed by atoms with Crippen LogP contribution in [0.1, 0.15) is 61.0 Å². The van der Waals surface area contributed by atoms with Crippen molar-refractivity contribution >= 4 is 17.7 Å². The lowest BCUT2D eigenvalue weighted by Gasteiger charge is -2.44. The fraction of sp³-hybridized carbons (Fsp3) is 0.520. The molecule has 2 heterocycles. The van der Waals surface area contributed by atoms with Crippen LogP contribution in [-0.2, 0) is 10.2 Å². The zero-order valence-corrected chi connectivity index (χ0v) is 21.1. The molecule has 0 bridgehead atoms. The molecule has 1 aromatic heterocycles. The second kappa shape index (κ2) is 8.77. The molecule has 2 aromatic rings. The van der Waals surface area contributed by atoms with Crippen LogP contribution in [0.5, 0.6) is 17.5 Å². The number of nitrogens with zero attached hydrogens (tertiary/aromatic N) is 3. The largest absolute Gasteiger partial charge is 0.492 e. The first kappa shape index (κ1) is 25.3. The summed E-state index contributed by atoms with van der Waals surface area (Å²) >= 11 is 0. The quantitative estimate of drug-likeness (QED) is 0.627. The third-order valence-electron chi connectivity index (χ3n) is 5.61. The predicted molar refractivity (Wildman–Crippen MR) is 129 cm³/mol. The number of carbonyl (C=O) groups is 2. The van der Waals surface area contributed by atoms with Gasteiger partial charge in [-0.15, -0.1) is 0 Å². The van der Waals surface area contributed by atoms with Gasteiger partial charge in [0.25, 0.3) is 0 Å². The van der Waals surface area contributed by atoms with Gasteiger partial charge in [0.2, 0.25) is 5.91 Å². The Kier molecular flexibility index (Phi) is 6.52. The number of fused-ring (bicyclic) bond motifs is 1. The van der Waals surface area contributed by atoms with Gasteiger partial charge in [0.1, 0.15) is 17.5 Å². The topological polar surface area (TPSA) is 114 Å². The Labute approximate surface area is 200 Å². The Morgan fingerprint density at radius 2 is 1.76 bits per heavy atom. The zero-order chi connectivity index (χ0) is 25.5. The van der Waals surface area contributed by atoms with E-state index < -0.39 is 29.0 Å². The van der Waals surface area contributed by atoms with Gasteiger partial charge < -0.3 is 19.9 Å². The monoisotopic (exact) mass is 470 g/mol. The van der Waals surface area contributed by atoms with Gasteiger partial charge in [-0.2, -0.15) is 0 Å². The summed E-state index contributed by atoms with van der Waals surface area (Å²) in [5, 5.41) is 12.6. The van der Waals surface area contributed by atoms with Gasteiger partial charge >= 0.3 is 12.1 Å². The van der Waals surface area contributed by atoms with Crippen LogP contribution < -0.4 is 14.8 Å². The fourth-order valence-corrected chi connectivity index (χ4v) is 4.14. The molecule has 2 N–H and O–H groups in total. The standard InChI is InChI=1S/C25H34N4O5/c1-23(2,3)19(29(22(31)32)24(4,5)6)20(30)28-15-12-26-21(27-13-15)34-17-11-9-10-16-18(17)25(7,8)14-33-16/h9-13,19H,14H2,1-8H3,(H,28,30)(H,31,32)/t19-/m0/s1. The van der Waals surface area contributed by atoms with E-state index in [-0.39, 0.29) is 11.4 Å². The molecule has 9 heteroatoms. The highest BCUT2D eigenvalue weighted by Gasteiger charge is 2.44. The van der Waals surface area contributed by atoms with Gasteiger partial charge in [0, 0.05) is 16.5 Å². The van der Waals surface area contributed by atoms with Gasteiger partial charge in [-0.05, 0) is 38.3 Å². The van der Waals surface area contributed by atoms with Crippen LogP contribution in [0.15, 0.2) is 30.6 Å². The second-order valence-electron chi connectivity index (χ2n) is 11.2. The van der Waals surface area contributed by atoms with Crippen molar-refractivity contribution < 1.29 is 24.2 Å². The maximum Gasteiger partial charge on any atom is 0.408 e. The van der Waals surface area contributed by atoms with Gasteiger partial charge in [0.15, 0.2) is 0 Å². The van der Waals surface area contributed by atoms with E-state index >= 15 is 0 Å². The average molecular weight is 471 g/mol. The summed E-state index contributed by atoms with van der Waals surface area (Å²) in [6.45, 7) is 15.5. The van der Waals surface area contributed by atoms with Crippen LogP contribution in [0.4, 0.5) is 10.5 Å². The van der Waals surface area contributed by atoms with E-state index in [1.54, 1.807) is 20.8 Å². The van der Waals surface area contributed by atoms with Gasteiger partial charge in [-0.3, -0.25) is 9.69 Å². The first-order valence-electron chi connectivity index (χ1n) is 11.2. The van der Waals surface area contributed by atoms with Crippen molar-refractivity contribution in [2.75, 3.05) is 11.9 Å². The molecular weight excluding hydrogens is 436 g/mol. The summed E-state index contributed by atoms with van der Waals surface area (Å²) in [7, 11) is 0. The number of carboxylic acid groups (broad SMARTS) is 1. The number of anilines is 1. The lowest BCUT2D eigenvalue weighted by Crippen LogP contribution is -2.60. The van der Waals surface area contributed by atoms with E-state index in [9.17, 15) is 14.7 Å². The van der Waals surface area contributed by atoms with Crippen molar-refractivity contribution in [2.45, 2.75) is 72.4 Å². The molecule has 184 valence electrons. The Morgan fingerprint density at radius 1 is 1.15 bits per heavy atom. The van der Waals surface area contributed by atoms with Crippen LogP contribution in [0.3, 0.4) is 0 Å². The van der Waals surface area contributed by atoms with E-state index in [1.165, 1.54) is 17.3 Å². The van der Waals surface area contributed by atoms with Crippen LogP contribution in [0, 0.1) is 5.41 Å². The van der Waals surface area contributed by atoms with Crippen LogP contribution in [0.25, 0.3) is 0 Å². The summed E-state index contributed by atoms with van der Waals surface area (Å²) in [5.74, 6) is 0.940. The summed E-state index contributed by atoms with van der Waals surface area (Å²) < 4.78 is 11.7. The molecule has 9 nitrogen and oxygen atoms in total. The predicted octanol–water partition coefficient (Wildman–Crippen LogP) is 5.07. The maximum absolute atomic E-state index is 13.2. The van der Waals surface area contributed by atoms with Crippen molar-refractivity contribution in [3.63, 3.8) is 0 Å². The summed E-state index contributed by atoms with van der Waals surface area (Å²) in [5.41, 5.74) is -0.330. The van der Waals surface area contributed by atoms with E-state index in [0.717, 1.165) is 11.3 Å². The maximum atomic E-state index is 13.2. The Bertz CT molecular complexity index is 1070. The average Bonchev–Trinajstić information content (AvgIpc) is 3.01. The van der Waals surface area contributed by atoms with E-state index in [4.69, 9.17) is 9.47 Å². The van der Waals surface area contributed by atoms with Crippen molar-refractivity contribution in [1.82, 2.24) is 14.9 Å². The number of hydrogen-bond donors (Lipinski definition) is 2. The Balaban J connectivity index is 1.80. The molecule has 0 saturated carbocycles. The molecule has 0 spiro atoms. The Hall–Kier alpha value is -3.36. The first-order chi connectivity index (χ1) is 15.6. The van der Waals surface area contributed by atoms with Crippen molar-refractivity contribution in [3.8, 4) is 17.5 Å². The molecule has 0 radical (unpaired) electrons. The zero-order valence-electron chi connectivity index (χ0n) is 21.1. The van der Waals surface area contributed by atoms with Gasteiger partial charge in [-0.25, -0.2) is 14.8 Å². The molecule has 1 atom stereocenters. The number of nitrogens with one attached hydrogen (secondary N) is 1. The number of rotatable bonds is 5. The third-order valence-corrected chi connectivity index (χ3v) is 5.61. The van der Waals surface area contributed by atoms with E-state index in [2.05, 4.69) is 29.1 Å². The van der Waals surface area contributed by atoms with Crippen molar-refractivity contribution in [2.24, 2.45) is 5.41 Å².